The largest absolute Gasteiger partial charge is 0.434 e. The molecule has 0 saturated carbocycles. The number of nitrogens with one attached hydrogen (secondary N) is 1. The molecule has 0 spiro atoms. The molecule has 0 fully saturated rings. The number of nitrogens with zero attached hydrogens (tertiary/aromatic N) is 2. The molecule has 0 radical (unpaired) electrons. The van der Waals surface area contributed by atoms with E-state index < -0.39 is 6.61 Å². The molecule has 1 atom stereocenters. The topological polar surface area (TPSA) is 39.1 Å². The first-order chi connectivity index (χ1) is 10.0. The van der Waals surface area contributed by atoms with Crippen LogP contribution in [0.4, 0.5) is 8.78 Å². The van der Waals surface area contributed by atoms with Crippen molar-refractivity contribution in [2.75, 3.05) is 0 Å². The number of hydrogen-bond donors (Lipinski definition) is 1. The minimum absolute atomic E-state index is 0.142. The van der Waals surface area contributed by atoms with Gasteiger partial charge in [0.25, 0.3) is 0 Å². The molecule has 2 aromatic rings. The van der Waals surface area contributed by atoms with Crippen LogP contribution in [0.1, 0.15) is 12.5 Å². The van der Waals surface area contributed by atoms with Crippen molar-refractivity contribution in [2.45, 2.75) is 32.7 Å². The van der Waals surface area contributed by atoms with Crippen LogP contribution in [0.3, 0.4) is 0 Å². The van der Waals surface area contributed by atoms with Crippen molar-refractivity contribution in [3.05, 3.63) is 46.7 Å². The van der Waals surface area contributed by atoms with Gasteiger partial charge in [-0.05, 0) is 31.2 Å². The molecule has 21 heavy (non-hydrogen) atoms. The van der Waals surface area contributed by atoms with E-state index in [9.17, 15) is 8.78 Å². The molecule has 1 heterocycles. The first-order valence-electron chi connectivity index (χ1n) is 6.48. The number of benzene rings is 1. The third-order valence-electron chi connectivity index (χ3n) is 2.90. The van der Waals surface area contributed by atoms with Crippen molar-refractivity contribution in [3.8, 4) is 5.75 Å². The Labute approximate surface area is 130 Å². The first kappa shape index (κ1) is 15.9. The van der Waals surface area contributed by atoms with Crippen LogP contribution in [0.5, 0.6) is 5.75 Å². The highest BCUT2D eigenvalue weighted by molar-refractivity contribution is 9.10. The number of ether oxygens (including phenoxy) is 1. The summed E-state index contributed by atoms with van der Waals surface area (Å²) in [6.45, 7) is 0.315. The molecule has 4 nitrogen and oxygen atoms in total. The summed E-state index contributed by atoms with van der Waals surface area (Å²) in [7, 11) is 0. The average molecular weight is 360 g/mol. The number of alkyl halides is 2. The van der Waals surface area contributed by atoms with Crippen molar-refractivity contribution in [2.24, 2.45) is 0 Å². The highest BCUT2D eigenvalue weighted by Gasteiger charge is 2.11. The normalized spacial score (nSPS) is 12.6. The summed E-state index contributed by atoms with van der Waals surface area (Å²) in [6, 6.07) is 6.98. The molecule has 0 amide bonds. The Bertz CT molecular complexity index is 563. The molecule has 1 N–H and O–H groups in total. The molecule has 1 aromatic carbocycles. The lowest BCUT2D eigenvalue weighted by Crippen LogP contribution is -2.30. The molecule has 0 bridgehead atoms. The Morgan fingerprint density at radius 2 is 2.24 bits per heavy atom. The Hall–Kier alpha value is -1.47. The predicted molar refractivity (Wildman–Crippen MR) is 79.3 cm³/mol. The molecule has 1 aromatic heterocycles. The summed E-state index contributed by atoms with van der Waals surface area (Å²) >= 11 is 3.33. The zero-order valence-corrected chi connectivity index (χ0v) is 13.1. The van der Waals surface area contributed by atoms with E-state index in [4.69, 9.17) is 0 Å². The van der Waals surface area contributed by atoms with E-state index in [0.717, 1.165) is 4.47 Å². The van der Waals surface area contributed by atoms with Gasteiger partial charge in [0.1, 0.15) is 5.75 Å². The van der Waals surface area contributed by atoms with E-state index in [2.05, 4.69) is 31.1 Å². The van der Waals surface area contributed by atoms with Gasteiger partial charge in [0.05, 0.1) is 6.54 Å². The molecule has 2 rings (SSSR count). The number of hydrogen-bond acceptors (Lipinski definition) is 3. The highest BCUT2D eigenvalue weighted by Crippen LogP contribution is 2.24. The molecule has 0 aliphatic rings. The van der Waals surface area contributed by atoms with Crippen LogP contribution in [0.2, 0.25) is 0 Å². The van der Waals surface area contributed by atoms with Crippen LogP contribution < -0.4 is 10.1 Å². The van der Waals surface area contributed by atoms with Gasteiger partial charge < -0.3 is 10.1 Å². The van der Waals surface area contributed by atoms with Crippen molar-refractivity contribution >= 4 is 15.9 Å². The lowest BCUT2D eigenvalue weighted by atomic mass is 10.2. The van der Waals surface area contributed by atoms with Gasteiger partial charge in [-0.3, -0.25) is 4.68 Å². The van der Waals surface area contributed by atoms with E-state index in [1.54, 1.807) is 18.3 Å². The minimum Gasteiger partial charge on any atom is -0.434 e. The molecular weight excluding hydrogens is 344 g/mol. The van der Waals surface area contributed by atoms with E-state index in [1.165, 1.54) is 6.07 Å². The van der Waals surface area contributed by atoms with Gasteiger partial charge in [-0.1, -0.05) is 15.9 Å². The average Bonchev–Trinajstić information content (AvgIpc) is 2.91. The molecule has 1 unspecified atom stereocenters. The second-order valence-corrected chi connectivity index (χ2v) is 5.56. The van der Waals surface area contributed by atoms with E-state index >= 15 is 0 Å². The van der Waals surface area contributed by atoms with Gasteiger partial charge in [-0.2, -0.15) is 13.9 Å². The van der Waals surface area contributed by atoms with Gasteiger partial charge in [-0.15, -0.1) is 0 Å². The fourth-order valence-corrected chi connectivity index (χ4v) is 2.34. The third-order valence-corrected chi connectivity index (χ3v) is 3.39. The summed E-state index contributed by atoms with van der Waals surface area (Å²) in [6.07, 6.45) is 3.60. The van der Waals surface area contributed by atoms with Crippen LogP contribution in [0.15, 0.2) is 41.1 Å². The fraction of sp³-hybridized carbons (Fsp3) is 0.357. The van der Waals surface area contributed by atoms with Crippen LogP contribution in [-0.2, 0) is 13.1 Å². The van der Waals surface area contributed by atoms with Gasteiger partial charge in [-0.25, -0.2) is 0 Å². The number of aromatic nitrogens is 2. The maximum absolute atomic E-state index is 12.4. The Morgan fingerprint density at radius 3 is 2.90 bits per heavy atom. The molecule has 7 heteroatoms. The van der Waals surface area contributed by atoms with Gasteiger partial charge in [0.15, 0.2) is 0 Å². The summed E-state index contributed by atoms with van der Waals surface area (Å²) in [5.74, 6) is 0.187. The van der Waals surface area contributed by atoms with Gasteiger partial charge in [0.2, 0.25) is 0 Å². The molecule has 114 valence electrons. The lowest BCUT2D eigenvalue weighted by Gasteiger charge is -2.16. The van der Waals surface area contributed by atoms with Crippen molar-refractivity contribution < 1.29 is 13.5 Å². The summed E-state index contributed by atoms with van der Waals surface area (Å²) < 4.78 is 31.9. The van der Waals surface area contributed by atoms with E-state index in [1.807, 2.05) is 23.9 Å². The molecule has 0 aliphatic carbocycles. The summed E-state index contributed by atoms with van der Waals surface area (Å²) in [5.41, 5.74) is 0.678. The molecule has 0 aliphatic heterocycles. The second kappa shape index (κ2) is 7.51. The Kier molecular flexibility index (Phi) is 5.69. The maximum atomic E-state index is 12.4. The van der Waals surface area contributed by atoms with Gasteiger partial charge >= 0.3 is 6.61 Å². The predicted octanol–water partition coefficient (Wildman–Crippen LogP) is 3.43. The fourth-order valence-electron chi connectivity index (χ4n) is 1.93. The van der Waals surface area contributed by atoms with Crippen LogP contribution >= 0.6 is 15.9 Å². The van der Waals surface area contributed by atoms with E-state index in [-0.39, 0.29) is 11.8 Å². The minimum atomic E-state index is -2.83. The SMILES string of the molecule is CC(Cn1cccn1)NCc1cc(Br)ccc1OC(F)F. The highest BCUT2D eigenvalue weighted by atomic mass is 79.9. The molecular formula is C14H16BrF2N3O. The summed E-state index contributed by atoms with van der Waals surface area (Å²) in [4.78, 5) is 0. The number of rotatable bonds is 7. The van der Waals surface area contributed by atoms with Crippen molar-refractivity contribution in [1.29, 1.82) is 0 Å². The van der Waals surface area contributed by atoms with Crippen LogP contribution in [0, 0.1) is 0 Å². The van der Waals surface area contributed by atoms with Crippen molar-refractivity contribution in [3.63, 3.8) is 0 Å². The lowest BCUT2D eigenvalue weighted by molar-refractivity contribution is -0.0505. The standard InChI is InChI=1S/C14H16BrF2N3O/c1-10(9-20-6-2-5-19-20)18-8-11-7-12(15)3-4-13(11)21-14(16)17/h2-7,10,14,18H,8-9H2,1H3. The van der Waals surface area contributed by atoms with Crippen LogP contribution in [0.25, 0.3) is 0 Å². The Morgan fingerprint density at radius 1 is 1.43 bits per heavy atom. The van der Waals surface area contributed by atoms with Gasteiger partial charge in [0, 0.05) is 35.0 Å². The number of halogens is 3. The maximum Gasteiger partial charge on any atom is 0.387 e. The van der Waals surface area contributed by atoms with Crippen molar-refractivity contribution in [1.82, 2.24) is 15.1 Å². The quantitative estimate of drug-likeness (QED) is 0.823. The Balaban J connectivity index is 1.96. The summed E-state index contributed by atoms with van der Waals surface area (Å²) in [5, 5.41) is 7.40. The molecule has 0 saturated heterocycles. The van der Waals surface area contributed by atoms with E-state index in [0.29, 0.717) is 18.7 Å². The second-order valence-electron chi connectivity index (χ2n) is 4.64. The monoisotopic (exact) mass is 359 g/mol. The smallest absolute Gasteiger partial charge is 0.387 e. The zero-order valence-electron chi connectivity index (χ0n) is 11.5. The first-order valence-corrected chi connectivity index (χ1v) is 7.28. The van der Waals surface area contributed by atoms with Crippen LogP contribution in [-0.4, -0.2) is 22.4 Å². The zero-order chi connectivity index (χ0) is 15.2. The third kappa shape index (κ3) is 5.09.